The number of carbonyl (C=O) groups excluding carboxylic acids is 1. The average Bonchev–Trinajstić information content (AvgIpc) is 2.59. The van der Waals surface area contributed by atoms with Gasteiger partial charge in [0.05, 0.1) is 31.9 Å². The number of anilines is 2. The maximum Gasteiger partial charge on any atom is 0.248 e. The number of aryl methyl sites for hydroxylation is 2. The molecular formula is C20H26N2O5S. The second-order valence-electron chi connectivity index (χ2n) is 6.64. The van der Waals surface area contributed by atoms with Crippen LogP contribution in [-0.4, -0.2) is 40.8 Å². The Morgan fingerprint density at radius 2 is 1.64 bits per heavy atom. The van der Waals surface area contributed by atoms with E-state index in [0.717, 1.165) is 21.7 Å². The average molecular weight is 407 g/mol. The summed E-state index contributed by atoms with van der Waals surface area (Å²) in [6, 6.07) is 9.43. The summed E-state index contributed by atoms with van der Waals surface area (Å²) in [5.74, 6) is 0.493. The van der Waals surface area contributed by atoms with Crippen molar-refractivity contribution in [2.75, 3.05) is 30.1 Å². The predicted octanol–water partition coefficient (Wildman–Crippen LogP) is 3.11. The molecule has 1 N–H and O–H groups in total. The maximum atomic E-state index is 12.9. The first-order valence-electron chi connectivity index (χ1n) is 8.67. The van der Waals surface area contributed by atoms with Crippen molar-refractivity contribution in [1.29, 1.82) is 0 Å². The molecule has 0 radical (unpaired) electrons. The minimum absolute atomic E-state index is 0.396. The highest BCUT2D eigenvalue weighted by Gasteiger charge is 2.30. The van der Waals surface area contributed by atoms with Crippen LogP contribution in [0.2, 0.25) is 0 Å². The van der Waals surface area contributed by atoms with Gasteiger partial charge in [0.1, 0.15) is 17.5 Å². The van der Waals surface area contributed by atoms with Crippen molar-refractivity contribution in [3.63, 3.8) is 0 Å². The standard InChI is InChI=1S/C20H26N2O5S/c1-13-9-14(2)11-16(10-13)22(28(6,24)25)15(3)20(23)21-18-12-17(26-4)7-8-19(18)27-5/h7-12,15H,1-6H3,(H,21,23)/t15-/m0/s1. The molecule has 0 heterocycles. The van der Waals surface area contributed by atoms with Gasteiger partial charge in [-0.2, -0.15) is 0 Å². The molecule has 0 unspecified atom stereocenters. The fourth-order valence-corrected chi connectivity index (χ4v) is 4.19. The summed E-state index contributed by atoms with van der Waals surface area (Å²) in [6.45, 7) is 5.30. The Kier molecular flexibility index (Phi) is 6.56. The summed E-state index contributed by atoms with van der Waals surface area (Å²) in [4.78, 5) is 12.9. The fraction of sp³-hybridized carbons (Fsp3) is 0.350. The third kappa shape index (κ3) is 4.95. The van der Waals surface area contributed by atoms with E-state index in [1.54, 1.807) is 37.3 Å². The molecule has 7 nitrogen and oxygen atoms in total. The normalized spacial score (nSPS) is 12.2. The van der Waals surface area contributed by atoms with E-state index in [4.69, 9.17) is 9.47 Å². The number of hydrogen-bond donors (Lipinski definition) is 1. The van der Waals surface area contributed by atoms with Crippen molar-refractivity contribution >= 4 is 27.3 Å². The van der Waals surface area contributed by atoms with Crippen molar-refractivity contribution in [3.8, 4) is 11.5 Å². The first-order valence-corrected chi connectivity index (χ1v) is 10.5. The Morgan fingerprint density at radius 3 is 2.14 bits per heavy atom. The molecule has 0 saturated heterocycles. The second kappa shape index (κ2) is 8.52. The lowest BCUT2D eigenvalue weighted by molar-refractivity contribution is -0.116. The molecule has 0 saturated carbocycles. The van der Waals surface area contributed by atoms with Gasteiger partial charge in [-0.25, -0.2) is 8.42 Å². The van der Waals surface area contributed by atoms with Gasteiger partial charge in [-0.05, 0) is 56.2 Å². The summed E-state index contributed by atoms with van der Waals surface area (Å²) < 4.78 is 36.5. The zero-order valence-electron chi connectivity index (χ0n) is 16.9. The quantitative estimate of drug-likeness (QED) is 0.764. The number of sulfonamides is 1. The number of amides is 1. The molecule has 1 atom stereocenters. The molecule has 0 bridgehead atoms. The van der Waals surface area contributed by atoms with E-state index in [1.807, 2.05) is 19.9 Å². The van der Waals surface area contributed by atoms with E-state index in [0.29, 0.717) is 22.9 Å². The topological polar surface area (TPSA) is 84.9 Å². The summed E-state index contributed by atoms with van der Waals surface area (Å²) >= 11 is 0. The van der Waals surface area contributed by atoms with Crippen LogP contribution in [0.3, 0.4) is 0 Å². The van der Waals surface area contributed by atoms with Crippen molar-refractivity contribution in [2.24, 2.45) is 0 Å². The van der Waals surface area contributed by atoms with Crippen LogP contribution in [0, 0.1) is 13.8 Å². The van der Waals surface area contributed by atoms with E-state index in [-0.39, 0.29) is 0 Å². The molecule has 0 aliphatic carbocycles. The van der Waals surface area contributed by atoms with Crippen LogP contribution in [0.1, 0.15) is 18.1 Å². The molecule has 2 aromatic carbocycles. The summed E-state index contributed by atoms with van der Waals surface area (Å²) in [5, 5.41) is 2.74. The number of carbonyl (C=O) groups is 1. The number of nitrogens with zero attached hydrogens (tertiary/aromatic N) is 1. The lowest BCUT2D eigenvalue weighted by Crippen LogP contribution is -2.45. The predicted molar refractivity (Wildman–Crippen MR) is 111 cm³/mol. The fourth-order valence-electron chi connectivity index (χ4n) is 3.04. The van der Waals surface area contributed by atoms with E-state index in [1.165, 1.54) is 14.2 Å². The summed E-state index contributed by atoms with van der Waals surface area (Å²) in [6.07, 6.45) is 1.08. The Bertz CT molecular complexity index is 952. The Labute approximate surface area is 166 Å². The minimum Gasteiger partial charge on any atom is -0.497 e. The van der Waals surface area contributed by atoms with Crippen LogP contribution < -0.4 is 19.1 Å². The lowest BCUT2D eigenvalue weighted by Gasteiger charge is -2.29. The first kappa shape index (κ1) is 21.6. The number of methoxy groups -OCH3 is 2. The zero-order valence-corrected chi connectivity index (χ0v) is 17.8. The SMILES string of the molecule is COc1ccc(OC)c(NC(=O)[C@H](C)N(c2cc(C)cc(C)c2)S(C)(=O)=O)c1. The third-order valence-electron chi connectivity index (χ3n) is 4.21. The number of nitrogens with one attached hydrogen (secondary N) is 1. The molecule has 2 aromatic rings. The Morgan fingerprint density at radius 1 is 1.04 bits per heavy atom. The molecule has 8 heteroatoms. The van der Waals surface area contributed by atoms with E-state index >= 15 is 0 Å². The van der Waals surface area contributed by atoms with Gasteiger partial charge in [-0.1, -0.05) is 6.07 Å². The number of hydrogen-bond acceptors (Lipinski definition) is 5. The molecule has 0 fully saturated rings. The van der Waals surface area contributed by atoms with Crippen molar-refractivity contribution in [2.45, 2.75) is 26.8 Å². The van der Waals surface area contributed by atoms with E-state index in [2.05, 4.69) is 5.32 Å². The van der Waals surface area contributed by atoms with Crippen LogP contribution >= 0.6 is 0 Å². The molecule has 0 aliphatic rings. The van der Waals surface area contributed by atoms with Crippen LogP contribution in [0.25, 0.3) is 0 Å². The molecule has 0 aromatic heterocycles. The van der Waals surface area contributed by atoms with Gasteiger partial charge in [-0.15, -0.1) is 0 Å². The monoisotopic (exact) mass is 406 g/mol. The molecule has 28 heavy (non-hydrogen) atoms. The van der Waals surface area contributed by atoms with Crippen molar-refractivity contribution in [3.05, 3.63) is 47.5 Å². The van der Waals surface area contributed by atoms with Gasteiger partial charge in [0.2, 0.25) is 15.9 Å². The number of rotatable bonds is 7. The number of ether oxygens (including phenoxy) is 2. The third-order valence-corrected chi connectivity index (χ3v) is 5.46. The minimum atomic E-state index is -3.70. The molecule has 1 amide bonds. The molecule has 152 valence electrons. The lowest BCUT2D eigenvalue weighted by atomic mass is 10.1. The first-order chi connectivity index (χ1) is 13.1. The van der Waals surface area contributed by atoms with Gasteiger partial charge in [-0.3, -0.25) is 9.10 Å². The zero-order chi connectivity index (χ0) is 21.1. The summed E-state index contributed by atoms with van der Waals surface area (Å²) in [5.41, 5.74) is 2.66. The maximum absolute atomic E-state index is 12.9. The Balaban J connectivity index is 2.40. The van der Waals surface area contributed by atoms with Gasteiger partial charge in [0.15, 0.2) is 0 Å². The molecular weight excluding hydrogens is 380 g/mol. The van der Waals surface area contributed by atoms with Crippen LogP contribution in [0.4, 0.5) is 11.4 Å². The van der Waals surface area contributed by atoms with Gasteiger partial charge in [0, 0.05) is 6.07 Å². The van der Waals surface area contributed by atoms with E-state index in [9.17, 15) is 13.2 Å². The highest BCUT2D eigenvalue weighted by molar-refractivity contribution is 7.92. The highest BCUT2D eigenvalue weighted by atomic mass is 32.2. The van der Waals surface area contributed by atoms with Crippen molar-refractivity contribution in [1.82, 2.24) is 0 Å². The van der Waals surface area contributed by atoms with Crippen LogP contribution in [0.15, 0.2) is 36.4 Å². The largest absolute Gasteiger partial charge is 0.497 e. The molecule has 2 rings (SSSR count). The molecule has 0 spiro atoms. The Hall–Kier alpha value is -2.74. The van der Waals surface area contributed by atoms with Crippen LogP contribution in [-0.2, 0) is 14.8 Å². The van der Waals surface area contributed by atoms with Crippen LogP contribution in [0.5, 0.6) is 11.5 Å². The van der Waals surface area contributed by atoms with E-state index < -0.39 is 22.0 Å². The van der Waals surface area contributed by atoms with Crippen molar-refractivity contribution < 1.29 is 22.7 Å². The highest BCUT2D eigenvalue weighted by Crippen LogP contribution is 2.30. The van der Waals surface area contributed by atoms with Gasteiger partial charge < -0.3 is 14.8 Å². The number of benzene rings is 2. The van der Waals surface area contributed by atoms with Gasteiger partial charge in [0.25, 0.3) is 0 Å². The molecule has 0 aliphatic heterocycles. The smallest absolute Gasteiger partial charge is 0.248 e. The summed E-state index contributed by atoms with van der Waals surface area (Å²) in [7, 11) is -0.699. The second-order valence-corrected chi connectivity index (χ2v) is 8.50. The van der Waals surface area contributed by atoms with Gasteiger partial charge >= 0.3 is 0 Å².